The molecular formula is C25H29N5O2S. The van der Waals surface area contributed by atoms with Crippen molar-refractivity contribution in [1.82, 2.24) is 19.6 Å². The minimum atomic E-state index is -0.105. The van der Waals surface area contributed by atoms with Crippen LogP contribution in [-0.2, 0) is 0 Å². The number of hydrogen-bond donors (Lipinski definition) is 1. The molecule has 2 fully saturated rings. The average molecular weight is 464 g/mol. The van der Waals surface area contributed by atoms with E-state index >= 15 is 0 Å². The summed E-state index contributed by atoms with van der Waals surface area (Å²) in [6.45, 7) is 10.7. The molecule has 3 aromatic rings. The summed E-state index contributed by atoms with van der Waals surface area (Å²) in [4.78, 5) is 30.8. The van der Waals surface area contributed by atoms with Crippen LogP contribution in [0.2, 0.25) is 0 Å². The Balaban J connectivity index is 1.20. The minimum Gasteiger partial charge on any atom is -0.343 e. The molecule has 5 rings (SSSR count). The largest absolute Gasteiger partial charge is 0.344 e. The van der Waals surface area contributed by atoms with Crippen LogP contribution in [0.1, 0.15) is 41.4 Å². The Hall–Kier alpha value is -3.13. The van der Waals surface area contributed by atoms with E-state index in [2.05, 4.69) is 42.1 Å². The first-order valence-corrected chi connectivity index (χ1v) is 12.2. The van der Waals surface area contributed by atoms with Crippen molar-refractivity contribution in [3.63, 3.8) is 0 Å². The first kappa shape index (κ1) is 21.7. The molecule has 4 heterocycles. The number of benzene rings is 1. The Bertz CT molecular complexity index is 1230. The van der Waals surface area contributed by atoms with Gasteiger partial charge < -0.3 is 15.1 Å². The second-order valence-corrected chi connectivity index (χ2v) is 10.5. The summed E-state index contributed by atoms with van der Waals surface area (Å²) in [6, 6.07) is 10.0. The molecular weight excluding hydrogens is 434 g/mol. The van der Waals surface area contributed by atoms with Crippen molar-refractivity contribution >= 4 is 39.2 Å². The van der Waals surface area contributed by atoms with Gasteiger partial charge in [0.05, 0.1) is 4.88 Å². The number of carbonyl (C=O) groups excluding carboxylic acids is 2. The summed E-state index contributed by atoms with van der Waals surface area (Å²) < 4.78 is 2.55. The summed E-state index contributed by atoms with van der Waals surface area (Å²) in [5.41, 5.74) is 2.10. The standard InChI is InChI=1S/C25H29N5O2S/c1-17(2)26-22-6-10-30(27-22)24(32)28-11-7-25(8-12-28)9-13-29(16-25)23(31)21-15-19-5-4-18(3)14-20(19)33-21/h4-6,10,14-15H,1,7-9,11-13,16H2,2-3H3,(H,26,27). The quantitative estimate of drug-likeness (QED) is 0.597. The third-order valence-corrected chi connectivity index (χ3v) is 7.92. The molecule has 172 valence electrons. The number of rotatable bonds is 3. The molecule has 0 atom stereocenters. The number of aromatic nitrogens is 2. The molecule has 0 saturated carbocycles. The second-order valence-electron chi connectivity index (χ2n) is 9.45. The lowest BCUT2D eigenvalue weighted by molar-refractivity contribution is 0.0740. The highest BCUT2D eigenvalue weighted by Gasteiger charge is 2.43. The van der Waals surface area contributed by atoms with E-state index in [4.69, 9.17) is 0 Å². The van der Waals surface area contributed by atoms with Gasteiger partial charge in [0.1, 0.15) is 0 Å². The molecule has 2 amide bonds. The maximum absolute atomic E-state index is 13.2. The normalized spacial score (nSPS) is 17.6. The molecule has 2 aliphatic heterocycles. The molecule has 8 heteroatoms. The van der Waals surface area contributed by atoms with Gasteiger partial charge >= 0.3 is 6.03 Å². The Morgan fingerprint density at radius 1 is 1.09 bits per heavy atom. The van der Waals surface area contributed by atoms with Crippen LogP contribution in [0.5, 0.6) is 0 Å². The summed E-state index contributed by atoms with van der Waals surface area (Å²) in [7, 11) is 0. The SMILES string of the molecule is C=C(C)Nc1ccn(C(=O)N2CCC3(CCN(C(=O)c4cc5ccc(C)cc5s4)C3)CC2)n1. The zero-order valence-corrected chi connectivity index (χ0v) is 20.0. The number of carbonyl (C=O) groups is 2. The molecule has 1 spiro atoms. The molecule has 0 aliphatic carbocycles. The van der Waals surface area contributed by atoms with Gasteiger partial charge in [0, 0.05) is 48.8 Å². The molecule has 0 radical (unpaired) electrons. The number of likely N-dealkylation sites (tertiary alicyclic amines) is 2. The molecule has 2 aliphatic rings. The van der Waals surface area contributed by atoms with Crippen LogP contribution in [-0.4, -0.2) is 57.7 Å². The number of aryl methyl sites for hydroxylation is 1. The van der Waals surface area contributed by atoms with Gasteiger partial charge in [-0.15, -0.1) is 16.4 Å². The Kier molecular flexibility index (Phi) is 5.48. The van der Waals surface area contributed by atoms with Crippen molar-refractivity contribution in [1.29, 1.82) is 0 Å². The summed E-state index contributed by atoms with van der Waals surface area (Å²) in [5, 5.41) is 8.47. The summed E-state index contributed by atoms with van der Waals surface area (Å²) in [6.07, 6.45) is 4.50. The zero-order chi connectivity index (χ0) is 23.2. The number of thiophene rings is 1. The fourth-order valence-corrected chi connectivity index (χ4v) is 6.08. The molecule has 33 heavy (non-hydrogen) atoms. The van der Waals surface area contributed by atoms with E-state index in [0.717, 1.165) is 48.3 Å². The fraction of sp³-hybridized carbons (Fsp3) is 0.400. The van der Waals surface area contributed by atoms with Crippen LogP contribution in [0.3, 0.4) is 0 Å². The predicted octanol–water partition coefficient (Wildman–Crippen LogP) is 4.95. The van der Waals surface area contributed by atoms with E-state index in [1.807, 2.05) is 22.8 Å². The zero-order valence-electron chi connectivity index (χ0n) is 19.1. The molecule has 7 nitrogen and oxygen atoms in total. The fourth-order valence-electron chi connectivity index (χ4n) is 4.95. The van der Waals surface area contributed by atoms with Crippen LogP contribution in [0.15, 0.2) is 48.8 Å². The number of nitrogens with zero attached hydrogens (tertiary/aromatic N) is 4. The molecule has 2 aromatic heterocycles. The predicted molar refractivity (Wildman–Crippen MR) is 132 cm³/mol. The van der Waals surface area contributed by atoms with Crippen molar-refractivity contribution in [2.45, 2.75) is 33.1 Å². The van der Waals surface area contributed by atoms with Crippen LogP contribution >= 0.6 is 11.3 Å². The van der Waals surface area contributed by atoms with E-state index < -0.39 is 0 Å². The molecule has 0 bridgehead atoms. The Labute approximate surface area is 197 Å². The monoisotopic (exact) mass is 463 g/mol. The van der Waals surface area contributed by atoms with Gasteiger partial charge in [0.2, 0.25) is 0 Å². The number of fused-ring (bicyclic) bond motifs is 1. The number of nitrogens with one attached hydrogen (secondary N) is 1. The van der Waals surface area contributed by atoms with Crippen molar-refractivity contribution in [2.75, 3.05) is 31.5 Å². The topological polar surface area (TPSA) is 70.5 Å². The van der Waals surface area contributed by atoms with E-state index in [1.165, 1.54) is 14.9 Å². The van der Waals surface area contributed by atoms with Gasteiger partial charge in [-0.05, 0) is 61.6 Å². The van der Waals surface area contributed by atoms with E-state index in [1.54, 1.807) is 23.6 Å². The highest BCUT2D eigenvalue weighted by atomic mass is 32.1. The Morgan fingerprint density at radius 2 is 1.82 bits per heavy atom. The number of hydrogen-bond acceptors (Lipinski definition) is 5. The molecule has 1 aromatic carbocycles. The van der Waals surface area contributed by atoms with Crippen molar-refractivity contribution < 1.29 is 9.59 Å². The minimum absolute atomic E-state index is 0.105. The highest BCUT2D eigenvalue weighted by Crippen LogP contribution is 2.41. The van der Waals surface area contributed by atoms with Gasteiger partial charge in [-0.25, -0.2) is 4.79 Å². The maximum atomic E-state index is 13.2. The lowest BCUT2D eigenvalue weighted by Gasteiger charge is -2.38. The number of allylic oxidation sites excluding steroid dienone is 1. The van der Waals surface area contributed by atoms with Gasteiger partial charge in [-0.1, -0.05) is 18.7 Å². The van der Waals surface area contributed by atoms with E-state index in [0.29, 0.717) is 18.9 Å². The first-order chi connectivity index (χ1) is 15.8. The van der Waals surface area contributed by atoms with Crippen LogP contribution in [0.25, 0.3) is 10.1 Å². The first-order valence-electron chi connectivity index (χ1n) is 11.4. The lowest BCUT2D eigenvalue weighted by Crippen LogP contribution is -2.46. The van der Waals surface area contributed by atoms with Crippen molar-refractivity contribution in [2.24, 2.45) is 5.41 Å². The smallest absolute Gasteiger partial charge is 0.343 e. The summed E-state index contributed by atoms with van der Waals surface area (Å²) in [5.74, 6) is 0.754. The summed E-state index contributed by atoms with van der Waals surface area (Å²) >= 11 is 1.58. The van der Waals surface area contributed by atoms with Crippen LogP contribution < -0.4 is 5.32 Å². The number of piperidine rings is 1. The number of anilines is 1. The maximum Gasteiger partial charge on any atom is 0.344 e. The third kappa shape index (κ3) is 4.27. The molecule has 2 saturated heterocycles. The van der Waals surface area contributed by atoms with Crippen molar-refractivity contribution in [3.05, 3.63) is 59.2 Å². The average Bonchev–Trinajstić information content (AvgIpc) is 3.51. The van der Waals surface area contributed by atoms with Gasteiger partial charge in [-0.2, -0.15) is 4.68 Å². The van der Waals surface area contributed by atoms with Crippen LogP contribution in [0, 0.1) is 12.3 Å². The lowest BCUT2D eigenvalue weighted by atomic mass is 9.78. The molecule has 0 unspecified atom stereocenters. The van der Waals surface area contributed by atoms with E-state index in [9.17, 15) is 9.59 Å². The Morgan fingerprint density at radius 3 is 2.55 bits per heavy atom. The van der Waals surface area contributed by atoms with E-state index in [-0.39, 0.29) is 17.4 Å². The molecule has 1 N–H and O–H groups in total. The van der Waals surface area contributed by atoms with Crippen LogP contribution in [0.4, 0.5) is 10.6 Å². The van der Waals surface area contributed by atoms with Gasteiger partial charge in [0.15, 0.2) is 5.82 Å². The number of amides is 2. The van der Waals surface area contributed by atoms with Crippen molar-refractivity contribution in [3.8, 4) is 0 Å². The highest BCUT2D eigenvalue weighted by molar-refractivity contribution is 7.20. The van der Waals surface area contributed by atoms with Gasteiger partial charge in [-0.3, -0.25) is 4.79 Å². The van der Waals surface area contributed by atoms with Gasteiger partial charge in [0.25, 0.3) is 5.91 Å². The third-order valence-electron chi connectivity index (χ3n) is 6.83. The second kappa shape index (κ2) is 8.33.